The number of benzene rings is 1. The maximum absolute atomic E-state index is 4.85. The maximum atomic E-state index is 4.85. The van der Waals surface area contributed by atoms with Gasteiger partial charge in [0.15, 0.2) is 0 Å². The van der Waals surface area contributed by atoms with Crippen molar-refractivity contribution in [1.29, 1.82) is 0 Å². The first-order valence-corrected chi connectivity index (χ1v) is 7.00. The number of imidazole rings is 1. The molecule has 1 aliphatic heterocycles. The van der Waals surface area contributed by atoms with Crippen molar-refractivity contribution in [3.8, 4) is 0 Å². The Morgan fingerprint density at radius 2 is 1.89 bits per heavy atom. The molecule has 2 aromatic rings. The molecule has 4 nitrogen and oxygen atoms in total. The second-order valence-corrected chi connectivity index (χ2v) is 6.25. The molecule has 0 radical (unpaired) electrons. The molecule has 19 heavy (non-hydrogen) atoms. The number of nitrogens with zero attached hydrogens (tertiary/aromatic N) is 2. The summed E-state index contributed by atoms with van der Waals surface area (Å²) in [6.07, 6.45) is 0. The van der Waals surface area contributed by atoms with Gasteiger partial charge in [0.05, 0.1) is 11.0 Å². The van der Waals surface area contributed by atoms with E-state index in [-0.39, 0.29) is 5.41 Å². The number of nitrogens with one attached hydrogen (secondary N) is 2. The highest BCUT2D eigenvalue weighted by molar-refractivity contribution is 5.82. The number of aromatic nitrogens is 2. The molecule has 0 aliphatic carbocycles. The second-order valence-electron chi connectivity index (χ2n) is 6.25. The minimum absolute atomic E-state index is 0.120. The summed E-state index contributed by atoms with van der Waals surface area (Å²) in [5.74, 6) is 1.01. The number of hydrogen-bond donors (Lipinski definition) is 2. The fraction of sp³-hybridized carbons (Fsp3) is 0.533. The third-order valence-corrected chi connectivity index (χ3v) is 3.72. The van der Waals surface area contributed by atoms with Gasteiger partial charge in [0.2, 0.25) is 5.95 Å². The van der Waals surface area contributed by atoms with E-state index in [1.165, 1.54) is 5.56 Å². The molecular weight excluding hydrogens is 236 g/mol. The summed E-state index contributed by atoms with van der Waals surface area (Å²) < 4.78 is 0. The van der Waals surface area contributed by atoms with Crippen LogP contribution in [0.4, 0.5) is 5.95 Å². The first-order chi connectivity index (χ1) is 9.05. The normalized spacial score (nSPS) is 17.1. The second kappa shape index (κ2) is 4.53. The molecule has 2 heterocycles. The average Bonchev–Trinajstić information content (AvgIpc) is 2.82. The molecule has 0 spiro atoms. The predicted molar refractivity (Wildman–Crippen MR) is 79.9 cm³/mol. The molecule has 4 heteroatoms. The third-order valence-electron chi connectivity index (χ3n) is 3.72. The van der Waals surface area contributed by atoms with Gasteiger partial charge in [-0.05, 0) is 17.0 Å². The first-order valence-electron chi connectivity index (χ1n) is 7.00. The van der Waals surface area contributed by atoms with Crippen molar-refractivity contribution in [1.82, 2.24) is 15.3 Å². The van der Waals surface area contributed by atoms with E-state index in [1.807, 2.05) is 0 Å². The topological polar surface area (TPSA) is 44.0 Å². The Bertz CT molecular complexity index is 573. The smallest absolute Gasteiger partial charge is 0.203 e. The Morgan fingerprint density at radius 1 is 1.16 bits per heavy atom. The van der Waals surface area contributed by atoms with Gasteiger partial charge in [0, 0.05) is 26.2 Å². The van der Waals surface area contributed by atoms with Crippen LogP contribution in [-0.2, 0) is 5.41 Å². The summed E-state index contributed by atoms with van der Waals surface area (Å²) in [6, 6.07) is 6.41. The zero-order valence-corrected chi connectivity index (χ0v) is 12.0. The summed E-state index contributed by atoms with van der Waals surface area (Å²) >= 11 is 0. The van der Waals surface area contributed by atoms with Gasteiger partial charge < -0.3 is 15.2 Å². The molecule has 0 unspecified atom stereocenters. The van der Waals surface area contributed by atoms with Crippen LogP contribution in [0.2, 0.25) is 0 Å². The van der Waals surface area contributed by atoms with Crippen LogP contribution in [-0.4, -0.2) is 36.1 Å². The standard InChI is InChI=1S/C15H22N4/c1-15(2,3)11-5-4-6-12-13(11)18-14(17-12)19-9-7-16-8-10-19/h4-6,16H,7-10H2,1-3H3,(H,17,18). The van der Waals surface area contributed by atoms with Crippen molar-refractivity contribution in [2.75, 3.05) is 31.1 Å². The van der Waals surface area contributed by atoms with Crippen molar-refractivity contribution in [3.63, 3.8) is 0 Å². The van der Waals surface area contributed by atoms with Crippen LogP contribution in [0.3, 0.4) is 0 Å². The van der Waals surface area contributed by atoms with Crippen LogP contribution in [0.1, 0.15) is 26.3 Å². The number of piperazine rings is 1. The largest absolute Gasteiger partial charge is 0.340 e. The molecule has 0 atom stereocenters. The molecule has 0 bridgehead atoms. The van der Waals surface area contributed by atoms with Crippen LogP contribution in [0.25, 0.3) is 11.0 Å². The first kappa shape index (κ1) is 12.5. The maximum Gasteiger partial charge on any atom is 0.203 e. The van der Waals surface area contributed by atoms with Gasteiger partial charge >= 0.3 is 0 Å². The van der Waals surface area contributed by atoms with Gasteiger partial charge in [0.25, 0.3) is 0 Å². The highest BCUT2D eigenvalue weighted by Crippen LogP contribution is 2.30. The quantitative estimate of drug-likeness (QED) is 0.824. The summed E-state index contributed by atoms with van der Waals surface area (Å²) in [5, 5.41) is 3.37. The van der Waals surface area contributed by atoms with E-state index in [9.17, 15) is 0 Å². The molecule has 1 aliphatic rings. The van der Waals surface area contributed by atoms with Gasteiger partial charge in [-0.2, -0.15) is 0 Å². The van der Waals surface area contributed by atoms with Crippen LogP contribution in [0.15, 0.2) is 18.2 Å². The molecule has 1 fully saturated rings. The van der Waals surface area contributed by atoms with Gasteiger partial charge in [-0.15, -0.1) is 0 Å². The fourth-order valence-corrected chi connectivity index (χ4v) is 2.65. The number of fused-ring (bicyclic) bond motifs is 1. The molecule has 3 rings (SSSR count). The average molecular weight is 258 g/mol. The minimum atomic E-state index is 0.120. The van der Waals surface area contributed by atoms with Crippen molar-refractivity contribution >= 4 is 17.0 Å². The van der Waals surface area contributed by atoms with E-state index in [4.69, 9.17) is 4.98 Å². The minimum Gasteiger partial charge on any atom is -0.340 e. The highest BCUT2D eigenvalue weighted by atomic mass is 15.3. The van der Waals surface area contributed by atoms with Crippen molar-refractivity contribution in [2.45, 2.75) is 26.2 Å². The lowest BCUT2D eigenvalue weighted by molar-refractivity contribution is 0.581. The SMILES string of the molecule is CC(C)(C)c1cccc2[nH]c(N3CCNCC3)nc12. The number of anilines is 1. The number of para-hydroxylation sites is 1. The van der Waals surface area contributed by atoms with Crippen LogP contribution >= 0.6 is 0 Å². The lowest BCUT2D eigenvalue weighted by Crippen LogP contribution is -2.44. The highest BCUT2D eigenvalue weighted by Gasteiger charge is 2.20. The van der Waals surface area contributed by atoms with Crippen LogP contribution in [0.5, 0.6) is 0 Å². The summed E-state index contributed by atoms with van der Waals surface area (Å²) in [4.78, 5) is 10.6. The van der Waals surface area contributed by atoms with Gasteiger partial charge in [-0.25, -0.2) is 4.98 Å². The molecule has 102 valence electrons. The predicted octanol–water partition coefficient (Wildman–Crippen LogP) is 2.27. The van der Waals surface area contributed by atoms with Crippen LogP contribution < -0.4 is 10.2 Å². The van der Waals surface area contributed by atoms with E-state index in [1.54, 1.807) is 0 Å². The van der Waals surface area contributed by atoms with Crippen molar-refractivity contribution < 1.29 is 0 Å². The zero-order chi connectivity index (χ0) is 13.5. The van der Waals surface area contributed by atoms with E-state index in [0.717, 1.165) is 43.2 Å². The summed E-state index contributed by atoms with van der Waals surface area (Å²) in [6.45, 7) is 10.8. The van der Waals surface area contributed by atoms with Crippen molar-refractivity contribution in [3.05, 3.63) is 23.8 Å². The van der Waals surface area contributed by atoms with E-state index >= 15 is 0 Å². The monoisotopic (exact) mass is 258 g/mol. The molecular formula is C15H22N4. The Hall–Kier alpha value is -1.55. The van der Waals surface area contributed by atoms with Gasteiger partial charge in [-0.3, -0.25) is 0 Å². The Kier molecular flexibility index (Phi) is 2.97. The summed E-state index contributed by atoms with van der Waals surface area (Å²) in [7, 11) is 0. The third kappa shape index (κ3) is 2.32. The number of rotatable bonds is 1. The molecule has 0 saturated carbocycles. The van der Waals surface area contributed by atoms with Crippen molar-refractivity contribution in [2.24, 2.45) is 0 Å². The lowest BCUT2D eigenvalue weighted by Gasteiger charge is -2.26. The van der Waals surface area contributed by atoms with E-state index in [2.05, 4.69) is 54.2 Å². The molecule has 2 N–H and O–H groups in total. The molecule has 1 aromatic carbocycles. The zero-order valence-electron chi connectivity index (χ0n) is 12.0. The number of H-pyrrole nitrogens is 1. The Labute approximate surface area is 114 Å². The lowest BCUT2D eigenvalue weighted by atomic mass is 9.86. The molecule has 1 saturated heterocycles. The number of aromatic amines is 1. The molecule has 0 amide bonds. The summed E-state index contributed by atoms with van der Waals surface area (Å²) in [5.41, 5.74) is 3.68. The van der Waals surface area contributed by atoms with Crippen LogP contribution in [0, 0.1) is 0 Å². The van der Waals surface area contributed by atoms with E-state index in [0.29, 0.717) is 0 Å². The Morgan fingerprint density at radius 3 is 2.58 bits per heavy atom. The van der Waals surface area contributed by atoms with E-state index < -0.39 is 0 Å². The van der Waals surface area contributed by atoms with Gasteiger partial charge in [-0.1, -0.05) is 32.9 Å². The Balaban J connectivity index is 2.05. The number of hydrogen-bond acceptors (Lipinski definition) is 3. The van der Waals surface area contributed by atoms with Gasteiger partial charge in [0.1, 0.15) is 0 Å². The molecule has 1 aromatic heterocycles. The fourth-order valence-electron chi connectivity index (χ4n) is 2.65.